The summed E-state index contributed by atoms with van der Waals surface area (Å²) in [6.07, 6.45) is 10.2. The van der Waals surface area contributed by atoms with Crippen molar-refractivity contribution < 1.29 is 0 Å². The molecule has 0 aromatic heterocycles. The number of allylic oxidation sites excluding steroid dienone is 1. The molecule has 4 bridgehead atoms. The van der Waals surface area contributed by atoms with Gasteiger partial charge in [-0.15, -0.1) is 0 Å². The predicted octanol–water partition coefficient (Wildman–Crippen LogP) is 3.10. The van der Waals surface area contributed by atoms with Crippen LogP contribution in [0.2, 0.25) is 0 Å². The standard InChI is InChI=1S/C17H20N2/c1-2-12-4-3-11-7-16(12)19-14-6-5-13-10-17(18,9-11)15(13)8-14/h3-8,12,16,19H,2,9-10,18H2,1H3. The van der Waals surface area contributed by atoms with E-state index < -0.39 is 0 Å². The van der Waals surface area contributed by atoms with Gasteiger partial charge in [-0.2, -0.15) is 0 Å². The van der Waals surface area contributed by atoms with Crippen molar-refractivity contribution in [2.45, 2.75) is 37.8 Å². The lowest BCUT2D eigenvalue weighted by molar-refractivity contribution is 0.382. The van der Waals surface area contributed by atoms with E-state index in [1.165, 1.54) is 22.4 Å². The largest absolute Gasteiger partial charge is 0.378 e. The molecule has 19 heavy (non-hydrogen) atoms. The molecule has 3 unspecified atom stereocenters. The maximum absolute atomic E-state index is 6.60. The first-order chi connectivity index (χ1) is 9.18. The maximum Gasteiger partial charge on any atom is 0.0512 e. The Hall–Kier alpha value is -1.54. The zero-order valence-electron chi connectivity index (χ0n) is 11.3. The minimum atomic E-state index is -0.142. The van der Waals surface area contributed by atoms with E-state index >= 15 is 0 Å². The molecule has 4 rings (SSSR count). The minimum absolute atomic E-state index is 0.142. The lowest BCUT2D eigenvalue weighted by Crippen LogP contribution is -2.47. The SMILES string of the molecule is CCC1C=CC2=CC1Nc1ccc3c(c1)C(N)(C2)C3. The summed E-state index contributed by atoms with van der Waals surface area (Å²) in [4.78, 5) is 0. The summed E-state index contributed by atoms with van der Waals surface area (Å²) in [5.74, 6) is 0.581. The zero-order valence-corrected chi connectivity index (χ0v) is 11.3. The molecule has 98 valence electrons. The van der Waals surface area contributed by atoms with Crippen LogP contribution < -0.4 is 11.1 Å². The lowest BCUT2D eigenvalue weighted by atomic mass is 9.68. The Morgan fingerprint density at radius 3 is 3.11 bits per heavy atom. The first kappa shape index (κ1) is 11.3. The van der Waals surface area contributed by atoms with Gasteiger partial charge < -0.3 is 11.1 Å². The average Bonchev–Trinajstić information content (AvgIpc) is 2.41. The van der Waals surface area contributed by atoms with E-state index in [1.54, 1.807) is 0 Å². The second-order valence-electron chi connectivity index (χ2n) is 6.22. The molecule has 1 aromatic carbocycles. The molecule has 2 nitrogen and oxygen atoms in total. The summed E-state index contributed by atoms with van der Waals surface area (Å²) in [5, 5.41) is 3.67. The Labute approximate surface area is 114 Å². The highest BCUT2D eigenvalue weighted by Crippen LogP contribution is 2.44. The molecule has 0 fully saturated rings. The van der Waals surface area contributed by atoms with Gasteiger partial charge in [-0.1, -0.05) is 31.2 Å². The summed E-state index contributed by atoms with van der Waals surface area (Å²) >= 11 is 0. The number of fused-ring (bicyclic) bond motifs is 2. The second-order valence-corrected chi connectivity index (χ2v) is 6.22. The number of hydrogen-bond donors (Lipinski definition) is 2. The van der Waals surface area contributed by atoms with Gasteiger partial charge in [-0.3, -0.25) is 0 Å². The lowest BCUT2D eigenvalue weighted by Gasteiger charge is -2.41. The number of hydrogen-bond acceptors (Lipinski definition) is 2. The Morgan fingerprint density at radius 1 is 1.37 bits per heavy atom. The Balaban J connectivity index is 1.81. The molecule has 3 atom stereocenters. The van der Waals surface area contributed by atoms with Crippen LogP contribution in [0.3, 0.4) is 0 Å². The van der Waals surface area contributed by atoms with Crippen molar-refractivity contribution in [2.24, 2.45) is 11.7 Å². The van der Waals surface area contributed by atoms with Crippen molar-refractivity contribution in [3.63, 3.8) is 0 Å². The third kappa shape index (κ3) is 1.59. The van der Waals surface area contributed by atoms with Crippen LogP contribution in [0.15, 0.2) is 42.0 Å². The van der Waals surface area contributed by atoms with Crippen LogP contribution in [0.4, 0.5) is 5.69 Å². The van der Waals surface area contributed by atoms with E-state index in [-0.39, 0.29) is 5.54 Å². The minimum Gasteiger partial charge on any atom is -0.378 e. The zero-order chi connectivity index (χ0) is 13.0. The van der Waals surface area contributed by atoms with Crippen LogP contribution in [0.25, 0.3) is 0 Å². The third-order valence-corrected chi connectivity index (χ3v) is 4.89. The predicted molar refractivity (Wildman–Crippen MR) is 79.0 cm³/mol. The molecule has 3 N–H and O–H groups in total. The van der Waals surface area contributed by atoms with Crippen LogP contribution in [0.1, 0.15) is 30.9 Å². The monoisotopic (exact) mass is 252 g/mol. The average molecular weight is 252 g/mol. The van der Waals surface area contributed by atoms with Gasteiger partial charge >= 0.3 is 0 Å². The van der Waals surface area contributed by atoms with Gasteiger partial charge in [0.25, 0.3) is 0 Å². The van der Waals surface area contributed by atoms with E-state index in [9.17, 15) is 0 Å². The Kier molecular flexibility index (Phi) is 2.22. The van der Waals surface area contributed by atoms with Crippen LogP contribution in [-0.2, 0) is 12.0 Å². The van der Waals surface area contributed by atoms with Crippen LogP contribution in [0, 0.1) is 5.92 Å². The van der Waals surface area contributed by atoms with E-state index in [0.717, 1.165) is 19.3 Å². The summed E-state index contributed by atoms with van der Waals surface area (Å²) < 4.78 is 0. The molecule has 0 saturated carbocycles. The van der Waals surface area contributed by atoms with Gasteiger partial charge in [0.2, 0.25) is 0 Å². The number of rotatable bonds is 1. The summed E-state index contributed by atoms with van der Waals surface area (Å²) in [6.45, 7) is 2.25. The summed E-state index contributed by atoms with van der Waals surface area (Å²) in [7, 11) is 0. The normalized spacial score (nSPS) is 34.3. The molecule has 0 spiro atoms. The number of anilines is 1. The van der Waals surface area contributed by atoms with Gasteiger partial charge in [-0.25, -0.2) is 0 Å². The second kappa shape index (κ2) is 3.73. The third-order valence-electron chi connectivity index (χ3n) is 4.89. The molecular formula is C17H20N2. The number of nitrogens with one attached hydrogen (secondary N) is 1. The molecular weight excluding hydrogens is 232 g/mol. The molecule has 0 saturated heterocycles. The van der Waals surface area contributed by atoms with Crippen LogP contribution in [0.5, 0.6) is 0 Å². The highest BCUT2D eigenvalue weighted by atomic mass is 14.9. The highest BCUT2D eigenvalue weighted by Gasteiger charge is 2.40. The molecule has 1 aliphatic heterocycles. The van der Waals surface area contributed by atoms with Crippen molar-refractivity contribution in [2.75, 3.05) is 5.32 Å². The fourth-order valence-electron chi connectivity index (χ4n) is 3.76. The summed E-state index contributed by atoms with van der Waals surface area (Å²) in [5.41, 5.74) is 11.8. The van der Waals surface area contributed by atoms with E-state index in [0.29, 0.717) is 12.0 Å². The maximum atomic E-state index is 6.60. The first-order valence-corrected chi connectivity index (χ1v) is 7.26. The van der Waals surface area contributed by atoms with Gasteiger partial charge in [0.1, 0.15) is 0 Å². The van der Waals surface area contributed by atoms with E-state index in [4.69, 9.17) is 5.73 Å². The quantitative estimate of drug-likeness (QED) is 0.806. The van der Waals surface area contributed by atoms with Crippen molar-refractivity contribution in [1.82, 2.24) is 0 Å². The Bertz CT molecular complexity index is 599. The fraction of sp³-hybridized carbons (Fsp3) is 0.412. The molecule has 1 aromatic rings. The van der Waals surface area contributed by atoms with Crippen molar-refractivity contribution >= 4 is 5.69 Å². The number of benzene rings is 1. The van der Waals surface area contributed by atoms with Crippen molar-refractivity contribution in [3.05, 3.63) is 53.1 Å². The van der Waals surface area contributed by atoms with Gasteiger partial charge in [0.05, 0.1) is 6.04 Å². The number of nitrogens with two attached hydrogens (primary N) is 1. The smallest absolute Gasteiger partial charge is 0.0512 e. The molecule has 0 radical (unpaired) electrons. The van der Waals surface area contributed by atoms with Crippen LogP contribution in [-0.4, -0.2) is 6.04 Å². The van der Waals surface area contributed by atoms with Crippen LogP contribution >= 0.6 is 0 Å². The topological polar surface area (TPSA) is 38.0 Å². The van der Waals surface area contributed by atoms with Gasteiger partial charge in [0.15, 0.2) is 0 Å². The van der Waals surface area contributed by atoms with E-state index in [1.807, 2.05) is 0 Å². The summed E-state index contributed by atoms with van der Waals surface area (Å²) in [6, 6.07) is 7.10. The van der Waals surface area contributed by atoms with Gasteiger partial charge in [0, 0.05) is 17.1 Å². The first-order valence-electron chi connectivity index (χ1n) is 7.26. The fourth-order valence-corrected chi connectivity index (χ4v) is 3.76. The Morgan fingerprint density at radius 2 is 2.26 bits per heavy atom. The van der Waals surface area contributed by atoms with Crippen molar-refractivity contribution in [3.8, 4) is 0 Å². The highest BCUT2D eigenvalue weighted by molar-refractivity contribution is 5.58. The van der Waals surface area contributed by atoms with E-state index in [2.05, 4.69) is 48.7 Å². The molecule has 0 amide bonds. The molecule has 3 aliphatic rings. The molecule has 2 aliphatic carbocycles. The van der Waals surface area contributed by atoms with Gasteiger partial charge in [-0.05, 0) is 48.1 Å². The molecule has 2 heteroatoms. The molecule has 1 heterocycles. The van der Waals surface area contributed by atoms with Crippen molar-refractivity contribution in [1.29, 1.82) is 0 Å².